The zero-order valence-corrected chi connectivity index (χ0v) is 15.2. The number of halogens is 1. The van der Waals surface area contributed by atoms with Gasteiger partial charge in [-0.05, 0) is 43.0 Å². The molecular weight excluding hydrogens is 340 g/mol. The molecule has 2 aromatic rings. The van der Waals surface area contributed by atoms with Gasteiger partial charge in [-0.1, -0.05) is 54.1 Å². The third kappa shape index (κ3) is 7.20. The van der Waals surface area contributed by atoms with E-state index >= 15 is 0 Å². The molecule has 2 rings (SSSR count). The molecule has 3 nitrogen and oxygen atoms in total. The standard InChI is InChI=1S/C19H21ClN2OS/c1-15(7-8-16-5-3-2-4-6-16)21-22-19(23)14-24-13-17-9-11-18(20)12-10-17/h2-6,9-12H,7-8,13-14H2,1H3,(H,22,23)/b21-15+. The van der Waals surface area contributed by atoms with Crippen LogP contribution in [0.15, 0.2) is 59.7 Å². The van der Waals surface area contributed by atoms with Crippen molar-refractivity contribution in [3.05, 3.63) is 70.7 Å². The Morgan fingerprint density at radius 3 is 2.50 bits per heavy atom. The lowest BCUT2D eigenvalue weighted by Gasteiger charge is -2.04. The second-order valence-corrected chi connectivity index (χ2v) is 6.91. The Balaban J connectivity index is 1.65. The second kappa shape index (κ2) is 10.2. The van der Waals surface area contributed by atoms with Crippen molar-refractivity contribution in [2.45, 2.75) is 25.5 Å². The normalized spacial score (nSPS) is 11.3. The van der Waals surface area contributed by atoms with E-state index in [0.717, 1.165) is 34.9 Å². The Morgan fingerprint density at radius 1 is 1.08 bits per heavy atom. The average molecular weight is 361 g/mol. The number of amides is 1. The molecule has 0 unspecified atom stereocenters. The van der Waals surface area contributed by atoms with Crippen LogP contribution >= 0.6 is 23.4 Å². The number of hydrogen-bond acceptors (Lipinski definition) is 3. The fraction of sp³-hybridized carbons (Fsp3) is 0.263. The van der Waals surface area contributed by atoms with Gasteiger partial charge in [0.15, 0.2) is 0 Å². The lowest BCUT2D eigenvalue weighted by Crippen LogP contribution is -2.21. The average Bonchev–Trinajstić information content (AvgIpc) is 2.61. The number of rotatable bonds is 8. The van der Waals surface area contributed by atoms with Gasteiger partial charge in [0.25, 0.3) is 0 Å². The maximum Gasteiger partial charge on any atom is 0.250 e. The predicted octanol–water partition coefficient (Wildman–Crippen LogP) is 4.70. The van der Waals surface area contributed by atoms with E-state index in [2.05, 4.69) is 22.7 Å². The lowest BCUT2D eigenvalue weighted by molar-refractivity contribution is -0.118. The third-order valence-electron chi connectivity index (χ3n) is 3.40. The molecule has 0 spiro atoms. The number of thioether (sulfide) groups is 1. The van der Waals surface area contributed by atoms with Crippen LogP contribution in [0.3, 0.4) is 0 Å². The second-order valence-electron chi connectivity index (χ2n) is 5.49. The van der Waals surface area contributed by atoms with Gasteiger partial charge in [0.05, 0.1) is 5.75 Å². The summed E-state index contributed by atoms with van der Waals surface area (Å²) in [6.45, 7) is 1.93. The van der Waals surface area contributed by atoms with E-state index in [-0.39, 0.29) is 5.91 Å². The van der Waals surface area contributed by atoms with Crippen LogP contribution in [0.25, 0.3) is 0 Å². The van der Waals surface area contributed by atoms with Gasteiger partial charge in [0.1, 0.15) is 0 Å². The molecule has 5 heteroatoms. The van der Waals surface area contributed by atoms with E-state index in [0.29, 0.717) is 5.75 Å². The minimum atomic E-state index is -0.0759. The minimum absolute atomic E-state index is 0.0759. The zero-order valence-electron chi connectivity index (χ0n) is 13.7. The molecule has 0 aliphatic heterocycles. The number of aryl methyl sites for hydroxylation is 1. The van der Waals surface area contributed by atoms with Gasteiger partial charge in [-0.3, -0.25) is 4.79 Å². The van der Waals surface area contributed by atoms with Crippen LogP contribution in [0, 0.1) is 0 Å². The van der Waals surface area contributed by atoms with Crippen LogP contribution in [0.1, 0.15) is 24.5 Å². The van der Waals surface area contributed by atoms with E-state index in [1.807, 2.05) is 49.4 Å². The van der Waals surface area contributed by atoms with Crippen molar-refractivity contribution in [2.24, 2.45) is 5.10 Å². The van der Waals surface area contributed by atoms with Crippen LogP contribution < -0.4 is 5.43 Å². The van der Waals surface area contributed by atoms with Crippen LogP contribution in [-0.4, -0.2) is 17.4 Å². The summed E-state index contributed by atoms with van der Waals surface area (Å²) in [6, 6.07) is 17.9. The topological polar surface area (TPSA) is 41.5 Å². The first kappa shape index (κ1) is 18.6. The molecular formula is C19H21ClN2OS. The number of benzene rings is 2. The molecule has 0 aliphatic rings. The van der Waals surface area contributed by atoms with Gasteiger partial charge in [0, 0.05) is 16.5 Å². The first-order valence-electron chi connectivity index (χ1n) is 7.81. The highest BCUT2D eigenvalue weighted by Gasteiger charge is 2.02. The van der Waals surface area contributed by atoms with Crippen LogP contribution in [0.5, 0.6) is 0 Å². The lowest BCUT2D eigenvalue weighted by atomic mass is 10.1. The first-order valence-corrected chi connectivity index (χ1v) is 9.35. The first-order chi connectivity index (χ1) is 11.6. The van der Waals surface area contributed by atoms with E-state index in [9.17, 15) is 4.79 Å². The van der Waals surface area contributed by atoms with Crippen molar-refractivity contribution in [3.63, 3.8) is 0 Å². The number of carbonyl (C=O) groups is 1. The zero-order chi connectivity index (χ0) is 17.2. The van der Waals surface area contributed by atoms with E-state index in [1.54, 1.807) is 11.8 Å². The van der Waals surface area contributed by atoms with Crippen LogP contribution in [-0.2, 0) is 17.0 Å². The van der Waals surface area contributed by atoms with E-state index in [1.165, 1.54) is 5.56 Å². The molecule has 0 heterocycles. The molecule has 1 N–H and O–H groups in total. The molecule has 0 radical (unpaired) electrons. The Hall–Kier alpha value is -1.78. The molecule has 0 saturated heterocycles. The highest BCUT2D eigenvalue weighted by atomic mass is 35.5. The molecule has 0 saturated carbocycles. The fourth-order valence-electron chi connectivity index (χ4n) is 2.06. The van der Waals surface area contributed by atoms with Gasteiger partial charge in [-0.15, -0.1) is 11.8 Å². The smallest absolute Gasteiger partial charge is 0.250 e. The molecule has 0 atom stereocenters. The number of hydrogen-bond donors (Lipinski definition) is 1. The van der Waals surface area contributed by atoms with Crippen molar-refractivity contribution in [1.82, 2.24) is 5.43 Å². The van der Waals surface area contributed by atoms with Crippen molar-refractivity contribution < 1.29 is 4.79 Å². The minimum Gasteiger partial charge on any atom is -0.272 e. The predicted molar refractivity (Wildman–Crippen MR) is 104 cm³/mol. The molecule has 0 fully saturated rings. The molecule has 0 bridgehead atoms. The van der Waals surface area contributed by atoms with Crippen molar-refractivity contribution >= 4 is 35.0 Å². The Labute approximate surface area is 152 Å². The van der Waals surface area contributed by atoms with Gasteiger partial charge in [0.2, 0.25) is 5.91 Å². The Kier molecular flexibility index (Phi) is 7.86. The highest BCUT2D eigenvalue weighted by Crippen LogP contribution is 2.15. The summed E-state index contributed by atoms with van der Waals surface area (Å²) in [7, 11) is 0. The van der Waals surface area contributed by atoms with Gasteiger partial charge in [-0.25, -0.2) is 5.43 Å². The number of hydrazone groups is 1. The van der Waals surface area contributed by atoms with Crippen molar-refractivity contribution in [1.29, 1.82) is 0 Å². The van der Waals surface area contributed by atoms with Crippen LogP contribution in [0.2, 0.25) is 5.02 Å². The monoisotopic (exact) mass is 360 g/mol. The van der Waals surface area contributed by atoms with Gasteiger partial charge < -0.3 is 0 Å². The Bertz CT molecular complexity index is 672. The summed E-state index contributed by atoms with van der Waals surface area (Å²) >= 11 is 7.40. The van der Waals surface area contributed by atoms with E-state index in [4.69, 9.17) is 11.6 Å². The maximum absolute atomic E-state index is 11.8. The summed E-state index contributed by atoms with van der Waals surface area (Å²) in [4.78, 5) is 11.8. The molecule has 24 heavy (non-hydrogen) atoms. The molecule has 0 aromatic heterocycles. The summed E-state index contributed by atoms with van der Waals surface area (Å²) in [5.74, 6) is 1.09. The molecule has 126 valence electrons. The summed E-state index contributed by atoms with van der Waals surface area (Å²) in [6.07, 6.45) is 1.76. The molecule has 2 aromatic carbocycles. The summed E-state index contributed by atoms with van der Waals surface area (Å²) in [5.41, 5.74) is 5.97. The maximum atomic E-state index is 11.8. The SMILES string of the molecule is C/C(CCc1ccccc1)=N\NC(=O)CSCc1ccc(Cl)cc1. The number of nitrogens with zero attached hydrogens (tertiary/aromatic N) is 1. The van der Waals surface area contributed by atoms with Gasteiger partial charge >= 0.3 is 0 Å². The quantitative estimate of drug-likeness (QED) is 0.547. The number of carbonyl (C=O) groups excluding carboxylic acids is 1. The summed E-state index contributed by atoms with van der Waals surface area (Å²) < 4.78 is 0. The number of nitrogens with one attached hydrogen (secondary N) is 1. The summed E-state index contributed by atoms with van der Waals surface area (Å²) in [5, 5.41) is 4.89. The van der Waals surface area contributed by atoms with Crippen molar-refractivity contribution in [2.75, 3.05) is 5.75 Å². The molecule has 1 amide bonds. The third-order valence-corrected chi connectivity index (χ3v) is 4.66. The highest BCUT2D eigenvalue weighted by molar-refractivity contribution is 7.99. The fourth-order valence-corrected chi connectivity index (χ4v) is 2.96. The Morgan fingerprint density at radius 2 is 1.79 bits per heavy atom. The van der Waals surface area contributed by atoms with Gasteiger partial charge in [-0.2, -0.15) is 5.10 Å². The van der Waals surface area contributed by atoms with Crippen molar-refractivity contribution in [3.8, 4) is 0 Å². The van der Waals surface area contributed by atoms with E-state index < -0.39 is 0 Å². The molecule has 0 aliphatic carbocycles. The largest absolute Gasteiger partial charge is 0.272 e. The van der Waals surface area contributed by atoms with Crippen LogP contribution in [0.4, 0.5) is 0 Å².